The normalized spacial score (nSPS) is 16.0. The fourth-order valence-corrected chi connectivity index (χ4v) is 5.09. The Hall–Kier alpha value is -0.152. The molecule has 0 amide bonds. The van der Waals surface area contributed by atoms with Crippen LogP contribution in [0.15, 0.2) is 31.3 Å². The molecule has 0 saturated carbocycles. The fraction of sp³-hybridized carbons (Fsp3) is 0.455. The monoisotopic (exact) mass is 782 g/mol. The number of benzene rings is 1. The third-order valence-electron chi connectivity index (χ3n) is 5.64. The van der Waals surface area contributed by atoms with Gasteiger partial charge in [0.15, 0.2) is 0 Å². The number of nitrogens with zero attached hydrogens (tertiary/aromatic N) is 2. The smallest absolute Gasteiger partial charge is 0.267 e. The number of fused-ring (bicyclic) bond motifs is 2. The van der Waals surface area contributed by atoms with Gasteiger partial charge in [-0.2, -0.15) is 0 Å². The average Bonchev–Trinajstić information content (AvgIpc) is 3.28. The van der Waals surface area contributed by atoms with Crippen molar-refractivity contribution in [3.8, 4) is 0 Å². The van der Waals surface area contributed by atoms with Crippen LogP contribution in [0.1, 0.15) is 0 Å². The van der Waals surface area contributed by atoms with Gasteiger partial charge in [0.2, 0.25) is 0 Å². The minimum absolute atomic E-state index is 0. The van der Waals surface area contributed by atoms with Gasteiger partial charge in [0.05, 0.1) is 47.8 Å². The second-order valence-corrected chi connectivity index (χ2v) is 11.5. The molecule has 0 aliphatic carbocycles. The minimum atomic E-state index is -4.81. The first-order valence-corrected chi connectivity index (χ1v) is 14.6. The van der Waals surface area contributed by atoms with Gasteiger partial charge in [-0.05, 0) is 12.1 Å². The molecule has 3 aromatic rings. The van der Waals surface area contributed by atoms with Crippen LogP contribution >= 0.6 is 15.6 Å². The van der Waals surface area contributed by atoms with Crippen molar-refractivity contribution in [2.75, 3.05) is 39.6 Å². The molecule has 0 spiro atoms. The maximum atomic E-state index is 12.8. The van der Waals surface area contributed by atoms with Gasteiger partial charge in [0.1, 0.15) is 0 Å². The molecule has 20 heteroatoms. The van der Waals surface area contributed by atoms with Crippen LogP contribution in [0.3, 0.4) is 0 Å². The molecule has 2 radical (unpaired) electrons. The summed E-state index contributed by atoms with van der Waals surface area (Å²) in [7, 11) is -9.62. The first-order chi connectivity index (χ1) is 18.7. The van der Waals surface area contributed by atoms with Crippen molar-refractivity contribution < 1.29 is 113 Å². The molecular formula is C22H26N2O14P2Y2-4. The molecule has 4 atom stereocenters. The van der Waals surface area contributed by atoms with Crippen molar-refractivity contribution in [1.29, 1.82) is 0 Å². The van der Waals surface area contributed by atoms with E-state index in [1.807, 2.05) is 0 Å². The van der Waals surface area contributed by atoms with Gasteiger partial charge in [-0.15, -0.1) is 11.8 Å². The van der Waals surface area contributed by atoms with Gasteiger partial charge >= 0.3 is 0 Å². The van der Waals surface area contributed by atoms with Crippen molar-refractivity contribution >= 4 is 37.2 Å². The zero-order valence-corrected chi connectivity index (χ0v) is 29.6. The number of aliphatic hydroxyl groups excluding tert-OH is 2. The van der Waals surface area contributed by atoms with Crippen molar-refractivity contribution in [1.82, 2.24) is 9.13 Å². The topological polar surface area (TPSA) is 236 Å². The van der Waals surface area contributed by atoms with Crippen LogP contribution in [0.4, 0.5) is 0 Å². The summed E-state index contributed by atoms with van der Waals surface area (Å²) >= 11 is 0. The van der Waals surface area contributed by atoms with E-state index in [9.17, 15) is 38.1 Å². The molecule has 0 aliphatic heterocycles. The number of aliphatic hydroxyl groups is 2. The maximum Gasteiger partial charge on any atom is 0.267 e. The number of rotatable bonds is 16. The molecule has 3 rings (SSSR count). The molecule has 0 aliphatic rings. The Balaban J connectivity index is 0.00000441. The zero-order valence-electron chi connectivity index (χ0n) is 22.1. The molecule has 0 saturated heterocycles. The third-order valence-corrected chi connectivity index (χ3v) is 7.57. The first-order valence-electron chi connectivity index (χ1n) is 11.7. The summed E-state index contributed by atoms with van der Waals surface area (Å²) in [5.41, 5.74) is -3.43. The van der Waals surface area contributed by atoms with E-state index in [0.717, 1.165) is 12.1 Å². The van der Waals surface area contributed by atoms with E-state index in [4.69, 9.17) is 10.2 Å². The van der Waals surface area contributed by atoms with Crippen molar-refractivity contribution in [3.63, 3.8) is 0 Å². The summed E-state index contributed by atoms with van der Waals surface area (Å²) in [6.07, 6.45) is 0. The van der Waals surface area contributed by atoms with Crippen LogP contribution < -0.4 is 32.0 Å². The standard InChI is InChI=1S/C22H28N2O14P2.2Y/c1-13(9-25)11-37-39(31,32)35-5-3-23-19(27)15-7-17-18(8-16(15)20(23)28)22(30)24(21(17)29)4-6-36-40(33,34)38-12-14(2)10-26;;/h7-8,13-14,25-26H,1-6,9-12H2,(H,31,32)(H,33,34);;/q-2;;/p-2. The average molecular weight is 782 g/mol. The summed E-state index contributed by atoms with van der Waals surface area (Å²) in [6.45, 7) is 2.91. The van der Waals surface area contributed by atoms with E-state index in [0.29, 0.717) is 9.13 Å². The molecule has 1 aromatic carbocycles. The van der Waals surface area contributed by atoms with E-state index < -0.39 is 102 Å². The molecule has 0 bridgehead atoms. The Labute approximate surface area is 288 Å². The summed E-state index contributed by atoms with van der Waals surface area (Å²) in [6, 6.07) is 2.12. The second-order valence-electron chi connectivity index (χ2n) is 8.72. The number of hydrogen-bond acceptors (Lipinski definition) is 14. The molecule has 2 N–H and O–H groups in total. The van der Waals surface area contributed by atoms with E-state index in [1.165, 1.54) is 0 Å². The predicted octanol–water partition coefficient (Wildman–Crippen LogP) is -2.20. The second kappa shape index (κ2) is 17.0. The van der Waals surface area contributed by atoms with Gasteiger partial charge in [-0.3, -0.25) is 37.4 Å². The van der Waals surface area contributed by atoms with Crippen LogP contribution in [0.25, 0.3) is 21.5 Å². The van der Waals surface area contributed by atoms with Gasteiger partial charge in [0, 0.05) is 91.8 Å². The first kappa shape index (κ1) is 39.9. The summed E-state index contributed by atoms with van der Waals surface area (Å²) in [5.74, 6) is -1.44. The molecular weight excluding hydrogens is 756 g/mol. The van der Waals surface area contributed by atoms with E-state index in [1.54, 1.807) is 0 Å². The molecule has 0 fully saturated rings. The minimum Gasteiger partial charge on any atom is -0.756 e. The predicted molar refractivity (Wildman–Crippen MR) is 136 cm³/mol. The Kier molecular flexibility index (Phi) is 16.1. The number of phosphoric acid groups is 2. The molecule has 228 valence electrons. The Morgan fingerprint density at radius 3 is 1.21 bits per heavy atom. The Bertz CT molecular complexity index is 1470. The maximum absolute atomic E-state index is 12.8. The molecule has 16 nitrogen and oxygen atoms in total. The summed E-state index contributed by atoms with van der Waals surface area (Å²) in [4.78, 5) is 74.8. The van der Waals surface area contributed by atoms with Crippen LogP contribution in [-0.4, -0.2) is 59.0 Å². The summed E-state index contributed by atoms with van der Waals surface area (Å²) < 4.78 is 43.3. The Morgan fingerprint density at radius 2 is 0.952 bits per heavy atom. The van der Waals surface area contributed by atoms with Crippen molar-refractivity contribution in [3.05, 3.63) is 67.4 Å². The van der Waals surface area contributed by atoms with Gasteiger partial charge in [0.25, 0.3) is 37.9 Å². The number of phosphoric ester groups is 2. The Morgan fingerprint density at radius 1 is 0.667 bits per heavy atom. The molecule has 4 unspecified atom stereocenters. The van der Waals surface area contributed by atoms with E-state index in [2.05, 4.69) is 31.9 Å². The summed E-state index contributed by atoms with van der Waals surface area (Å²) in [5, 5.41) is 16.9. The van der Waals surface area contributed by atoms with Gasteiger partial charge < -0.3 is 51.9 Å². The SMILES string of the molecule is [CH2-]C(CO)COP(=O)([O-])OCCn1c(=O)c2cc3c(=O)n(CCOP(=O)([O-])OCC([CH2-])CO)c(=O)c3cc2c1=O.[Y].[Y]. The molecule has 2 aromatic heterocycles. The largest absolute Gasteiger partial charge is 0.756 e. The van der Waals surface area contributed by atoms with Gasteiger partial charge in [-0.25, -0.2) is 0 Å². The number of hydrogen-bond donors (Lipinski definition) is 2. The van der Waals surface area contributed by atoms with Crippen LogP contribution in [-0.2, 0) is 106 Å². The number of aromatic nitrogens is 2. The fourth-order valence-electron chi connectivity index (χ4n) is 3.54. The molecule has 2 heterocycles. The van der Waals surface area contributed by atoms with Crippen LogP contribution in [0, 0.1) is 25.7 Å². The van der Waals surface area contributed by atoms with Gasteiger partial charge in [-0.1, -0.05) is 0 Å². The van der Waals surface area contributed by atoms with Crippen molar-refractivity contribution in [2.45, 2.75) is 13.1 Å². The van der Waals surface area contributed by atoms with Crippen LogP contribution in [0.5, 0.6) is 0 Å². The third kappa shape index (κ3) is 9.92. The van der Waals surface area contributed by atoms with E-state index >= 15 is 0 Å². The quantitative estimate of drug-likeness (QED) is 0.116. The van der Waals surface area contributed by atoms with E-state index in [-0.39, 0.29) is 87.0 Å². The zero-order chi connectivity index (χ0) is 29.8. The molecule has 42 heavy (non-hydrogen) atoms. The van der Waals surface area contributed by atoms with Crippen molar-refractivity contribution in [2.24, 2.45) is 11.8 Å². The van der Waals surface area contributed by atoms with Crippen LogP contribution in [0.2, 0.25) is 0 Å².